The van der Waals surface area contributed by atoms with E-state index in [1.165, 1.54) is 5.56 Å². The Labute approximate surface area is 173 Å². The molecule has 5 heteroatoms. The van der Waals surface area contributed by atoms with Crippen molar-refractivity contribution in [3.8, 4) is 0 Å². The number of aromatic nitrogens is 1. The monoisotopic (exact) mass is 406 g/mol. The predicted molar refractivity (Wildman–Crippen MR) is 118 cm³/mol. The molecule has 1 aromatic heterocycles. The molecular formula is C23H19ClN2OS. The number of thiazole rings is 1. The first-order valence-electron chi connectivity index (χ1n) is 9.00. The van der Waals surface area contributed by atoms with Crippen molar-refractivity contribution < 1.29 is 4.79 Å². The normalized spacial score (nSPS) is 11.0. The van der Waals surface area contributed by atoms with Gasteiger partial charge in [0.25, 0.3) is 5.91 Å². The minimum absolute atomic E-state index is 0.111. The van der Waals surface area contributed by atoms with E-state index in [9.17, 15) is 4.79 Å². The van der Waals surface area contributed by atoms with Gasteiger partial charge in [-0.3, -0.25) is 9.69 Å². The first-order chi connectivity index (χ1) is 13.5. The van der Waals surface area contributed by atoms with Crippen molar-refractivity contribution in [2.75, 3.05) is 4.90 Å². The molecule has 0 aliphatic heterocycles. The molecule has 3 aromatic carbocycles. The Kier molecular flexibility index (Phi) is 5.16. The molecule has 0 radical (unpaired) electrons. The van der Waals surface area contributed by atoms with Crippen molar-refractivity contribution in [1.82, 2.24) is 4.98 Å². The molecule has 0 aliphatic carbocycles. The molecule has 0 saturated carbocycles. The Morgan fingerprint density at radius 3 is 2.57 bits per heavy atom. The third-order valence-electron chi connectivity index (χ3n) is 4.55. The Morgan fingerprint density at radius 1 is 1.04 bits per heavy atom. The third kappa shape index (κ3) is 3.79. The lowest BCUT2D eigenvalue weighted by molar-refractivity contribution is 0.0985. The molecule has 0 N–H and O–H groups in total. The quantitative estimate of drug-likeness (QED) is 0.392. The van der Waals surface area contributed by atoms with Crippen molar-refractivity contribution in [3.05, 3.63) is 94.0 Å². The van der Waals surface area contributed by atoms with Crippen molar-refractivity contribution in [3.63, 3.8) is 0 Å². The topological polar surface area (TPSA) is 33.2 Å². The van der Waals surface area contributed by atoms with E-state index in [1.807, 2.05) is 30.3 Å². The second-order valence-corrected chi connectivity index (χ2v) is 8.26. The number of hydrogen-bond acceptors (Lipinski definition) is 3. The number of fused-ring (bicyclic) bond motifs is 1. The zero-order valence-electron chi connectivity index (χ0n) is 15.6. The molecule has 4 aromatic rings. The lowest BCUT2D eigenvalue weighted by Crippen LogP contribution is -2.30. The summed E-state index contributed by atoms with van der Waals surface area (Å²) < 4.78 is 1.09. The molecule has 0 saturated heterocycles. The molecule has 28 heavy (non-hydrogen) atoms. The van der Waals surface area contributed by atoms with Crippen LogP contribution in [0.3, 0.4) is 0 Å². The van der Waals surface area contributed by atoms with Crippen LogP contribution in [0.15, 0.2) is 66.7 Å². The summed E-state index contributed by atoms with van der Waals surface area (Å²) >= 11 is 7.66. The van der Waals surface area contributed by atoms with Gasteiger partial charge in [0, 0.05) is 10.6 Å². The zero-order valence-corrected chi connectivity index (χ0v) is 17.2. The fourth-order valence-corrected chi connectivity index (χ4v) is 4.57. The highest BCUT2D eigenvalue weighted by atomic mass is 35.5. The largest absolute Gasteiger partial charge is 0.279 e. The number of hydrogen-bond donors (Lipinski definition) is 0. The Hall–Kier alpha value is -2.69. The van der Waals surface area contributed by atoms with Crippen LogP contribution in [-0.2, 0) is 6.54 Å². The van der Waals surface area contributed by atoms with Gasteiger partial charge in [-0.25, -0.2) is 4.98 Å². The van der Waals surface area contributed by atoms with Crippen LogP contribution in [0.25, 0.3) is 10.2 Å². The smallest absolute Gasteiger partial charge is 0.260 e. The van der Waals surface area contributed by atoms with Gasteiger partial charge in [0.15, 0.2) is 5.13 Å². The van der Waals surface area contributed by atoms with Gasteiger partial charge in [-0.15, -0.1) is 0 Å². The van der Waals surface area contributed by atoms with Crippen molar-refractivity contribution >= 4 is 44.2 Å². The second-order valence-electron chi connectivity index (χ2n) is 6.81. The summed E-state index contributed by atoms with van der Waals surface area (Å²) in [6.45, 7) is 4.58. The van der Waals surface area contributed by atoms with E-state index < -0.39 is 0 Å². The average molecular weight is 407 g/mol. The summed E-state index contributed by atoms with van der Waals surface area (Å²) in [4.78, 5) is 19.9. The summed E-state index contributed by atoms with van der Waals surface area (Å²) in [6.07, 6.45) is 0. The van der Waals surface area contributed by atoms with Gasteiger partial charge in [-0.2, -0.15) is 0 Å². The molecule has 0 spiro atoms. The Morgan fingerprint density at radius 2 is 1.82 bits per heavy atom. The van der Waals surface area contributed by atoms with Gasteiger partial charge in [-0.1, -0.05) is 65.4 Å². The summed E-state index contributed by atoms with van der Waals surface area (Å²) in [5, 5.41) is 1.24. The molecule has 0 fully saturated rings. The Balaban J connectivity index is 1.80. The van der Waals surface area contributed by atoms with Crippen LogP contribution >= 0.6 is 22.9 Å². The van der Waals surface area contributed by atoms with Gasteiger partial charge in [0.05, 0.1) is 16.8 Å². The molecule has 1 amide bonds. The number of amides is 1. The van der Waals surface area contributed by atoms with Crippen LogP contribution in [0.1, 0.15) is 27.0 Å². The summed E-state index contributed by atoms with van der Waals surface area (Å²) in [5.41, 5.74) is 4.85. The molecule has 3 nitrogen and oxygen atoms in total. The minimum atomic E-state index is -0.111. The lowest BCUT2D eigenvalue weighted by Gasteiger charge is -2.20. The standard InChI is InChI=1S/C23H19ClN2OS/c1-15-11-16(2)21-20(12-15)28-23(25-21)26(14-17-7-4-3-5-8-17)22(27)18-9-6-10-19(24)13-18/h3-13H,14H2,1-2H3. The number of halogens is 1. The van der Waals surface area contributed by atoms with Crippen molar-refractivity contribution in [2.24, 2.45) is 0 Å². The first kappa shape index (κ1) is 18.7. The SMILES string of the molecule is Cc1cc(C)c2nc(N(Cc3ccccc3)C(=O)c3cccc(Cl)c3)sc2c1. The van der Waals surface area contributed by atoms with Gasteiger partial charge in [0.2, 0.25) is 0 Å². The molecular weight excluding hydrogens is 388 g/mol. The van der Waals surface area contributed by atoms with E-state index in [0.717, 1.165) is 21.3 Å². The van der Waals surface area contributed by atoms with E-state index in [0.29, 0.717) is 22.3 Å². The summed E-state index contributed by atoms with van der Waals surface area (Å²) in [6, 6.07) is 21.2. The highest BCUT2D eigenvalue weighted by Gasteiger charge is 2.22. The summed E-state index contributed by atoms with van der Waals surface area (Å²) in [7, 11) is 0. The van der Waals surface area contributed by atoms with Crippen molar-refractivity contribution in [1.29, 1.82) is 0 Å². The second kappa shape index (κ2) is 7.74. The van der Waals surface area contributed by atoms with Gasteiger partial charge >= 0.3 is 0 Å². The van der Waals surface area contributed by atoms with E-state index in [4.69, 9.17) is 16.6 Å². The highest BCUT2D eigenvalue weighted by Crippen LogP contribution is 2.33. The number of aryl methyl sites for hydroxylation is 2. The molecule has 140 valence electrons. The first-order valence-corrected chi connectivity index (χ1v) is 10.2. The number of rotatable bonds is 4. The maximum Gasteiger partial charge on any atom is 0.260 e. The van der Waals surface area contributed by atoms with Crippen LogP contribution in [0.2, 0.25) is 5.02 Å². The predicted octanol–water partition coefficient (Wildman–Crippen LogP) is 6.41. The number of anilines is 1. The van der Waals surface area contributed by atoms with E-state index in [1.54, 1.807) is 40.5 Å². The van der Waals surface area contributed by atoms with Gasteiger partial charge < -0.3 is 0 Å². The molecule has 4 rings (SSSR count). The number of carbonyl (C=O) groups is 1. The maximum absolute atomic E-state index is 13.4. The van der Waals surface area contributed by atoms with Crippen molar-refractivity contribution in [2.45, 2.75) is 20.4 Å². The maximum atomic E-state index is 13.4. The molecule has 0 bridgehead atoms. The van der Waals surface area contributed by atoms with E-state index in [-0.39, 0.29) is 5.91 Å². The summed E-state index contributed by atoms with van der Waals surface area (Å²) in [5.74, 6) is -0.111. The number of benzene rings is 3. The molecule has 0 unspecified atom stereocenters. The minimum Gasteiger partial charge on any atom is -0.279 e. The molecule has 0 atom stereocenters. The van der Waals surface area contributed by atoms with Crippen LogP contribution in [-0.4, -0.2) is 10.9 Å². The third-order valence-corrected chi connectivity index (χ3v) is 5.81. The molecule has 0 aliphatic rings. The van der Waals surface area contributed by atoms with Crippen LogP contribution in [0.5, 0.6) is 0 Å². The Bertz CT molecular complexity index is 1150. The number of carbonyl (C=O) groups excluding carboxylic acids is 1. The highest BCUT2D eigenvalue weighted by molar-refractivity contribution is 7.22. The zero-order chi connectivity index (χ0) is 19.7. The van der Waals surface area contributed by atoms with Crippen LogP contribution in [0.4, 0.5) is 5.13 Å². The van der Waals surface area contributed by atoms with E-state index in [2.05, 4.69) is 26.0 Å². The fraction of sp³-hybridized carbons (Fsp3) is 0.130. The van der Waals surface area contributed by atoms with Gasteiger partial charge in [-0.05, 0) is 54.8 Å². The van der Waals surface area contributed by atoms with Crippen LogP contribution < -0.4 is 4.90 Å². The fourth-order valence-electron chi connectivity index (χ4n) is 3.24. The average Bonchev–Trinajstić information content (AvgIpc) is 3.10. The van der Waals surface area contributed by atoms with Gasteiger partial charge in [0.1, 0.15) is 0 Å². The number of nitrogens with zero attached hydrogens (tertiary/aromatic N) is 2. The van der Waals surface area contributed by atoms with Crippen LogP contribution in [0, 0.1) is 13.8 Å². The van der Waals surface area contributed by atoms with E-state index >= 15 is 0 Å². The lowest BCUT2D eigenvalue weighted by atomic mass is 10.1. The molecule has 1 heterocycles.